The van der Waals surface area contributed by atoms with Gasteiger partial charge in [-0.1, -0.05) is 87.5 Å². The summed E-state index contributed by atoms with van der Waals surface area (Å²) in [6.07, 6.45) is -0.0785. The predicted molar refractivity (Wildman–Crippen MR) is 210 cm³/mol. The Morgan fingerprint density at radius 1 is 0.579 bits per heavy atom. The van der Waals surface area contributed by atoms with Gasteiger partial charge >= 0.3 is 5.97 Å². The van der Waals surface area contributed by atoms with E-state index in [1.54, 1.807) is 75.4 Å². The SMILES string of the molecule is C/C=C(\NC(=O)[C@H](C)NC(=O)[C@@H](NC(=O)[C@H](NC(=O)[C@H](Cc1ccccc1)NC(=O)[C@H](C)NC(=O)[C@@H](Cc1ccccc1)NC(=O)CC)[C@@H](C)O)C(C)C)C(=O)O. The highest BCUT2D eigenvalue weighted by Gasteiger charge is 2.35. The van der Waals surface area contributed by atoms with E-state index in [2.05, 4.69) is 37.2 Å². The first-order valence-electron chi connectivity index (χ1n) is 18.7. The van der Waals surface area contributed by atoms with Crippen molar-refractivity contribution in [2.45, 2.75) is 110 Å². The van der Waals surface area contributed by atoms with Gasteiger partial charge in [0.1, 0.15) is 41.9 Å². The molecular formula is C40H55N7O10. The summed E-state index contributed by atoms with van der Waals surface area (Å²) in [6.45, 7) is 10.2. The number of nitrogens with one attached hydrogen (secondary N) is 7. The van der Waals surface area contributed by atoms with E-state index in [0.29, 0.717) is 5.56 Å². The zero-order chi connectivity index (χ0) is 42.8. The quantitative estimate of drug-likeness (QED) is 0.0763. The van der Waals surface area contributed by atoms with E-state index < -0.39 is 95.4 Å². The summed E-state index contributed by atoms with van der Waals surface area (Å²) in [5.74, 6) is -7.10. The summed E-state index contributed by atoms with van der Waals surface area (Å²) in [5.41, 5.74) is 1.02. The van der Waals surface area contributed by atoms with Gasteiger partial charge in [-0.2, -0.15) is 0 Å². The van der Waals surface area contributed by atoms with Gasteiger partial charge in [-0.3, -0.25) is 33.6 Å². The summed E-state index contributed by atoms with van der Waals surface area (Å²) in [6, 6.07) is 10.1. The molecule has 0 aliphatic carbocycles. The first-order valence-corrected chi connectivity index (χ1v) is 18.7. The van der Waals surface area contributed by atoms with Crippen molar-refractivity contribution in [2.75, 3.05) is 0 Å². The number of carboxylic acids is 1. The van der Waals surface area contributed by atoms with Crippen LogP contribution in [0, 0.1) is 5.92 Å². The van der Waals surface area contributed by atoms with Gasteiger partial charge in [0.05, 0.1) is 6.10 Å². The molecule has 0 saturated heterocycles. The lowest BCUT2D eigenvalue weighted by Gasteiger charge is -2.29. The predicted octanol–water partition coefficient (Wildman–Crippen LogP) is -0.0282. The van der Waals surface area contributed by atoms with E-state index in [4.69, 9.17) is 0 Å². The summed E-state index contributed by atoms with van der Waals surface area (Å²) in [4.78, 5) is 104. The second kappa shape index (κ2) is 23.1. The van der Waals surface area contributed by atoms with Gasteiger partial charge in [0.15, 0.2) is 0 Å². The fourth-order valence-corrected chi connectivity index (χ4v) is 5.39. The fraction of sp³-hybridized carbons (Fsp3) is 0.450. The lowest BCUT2D eigenvalue weighted by atomic mass is 10.0. The molecule has 7 atom stereocenters. The number of aliphatic carboxylic acids is 1. The fourth-order valence-electron chi connectivity index (χ4n) is 5.39. The Balaban J connectivity index is 2.24. The summed E-state index contributed by atoms with van der Waals surface area (Å²) in [7, 11) is 0. The molecule has 17 heteroatoms. The van der Waals surface area contributed by atoms with E-state index in [-0.39, 0.29) is 25.2 Å². The van der Waals surface area contributed by atoms with Crippen molar-refractivity contribution < 1.29 is 48.6 Å². The van der Waals surface area contributed by atoms with E-state index in [9.17, 15) is 48.6 Å². The van der Waals surface area contributed by atoms with Gasteiger partial charge in [0.2, 0.25) is 41.4 Å². The molecule has 2 rings (SSSR count). The topological polar surface area (TPSA) is 261 Å². The second-order valence-electron chi connectivity index (χ2n) is 13.8. The monoisotopic (exact) mass is 793 g/mol. The molecule has 0 bridgehead atoms. The Morgan fingerprint density at radius 3 is 1.47 bits per heavy atom. The zero-order valence-corrected chi connectivity index (χ0v) is 33.3. The largest absolute Gasteiger partial charge is 0.477 e. The third-order valence-electron chi connectivity index (χ3n) is 8.76. The molecule has 2 aromatic carbocycles. The molecule has 7 amide bonds. The van der Waals surface area contributed by atoms with Crippen LogP contribution in [0.1, 0.15) is 66.0 Å². The number of benzene rings is 2. The van der Waals surface area contributed by atoms with Crippen molar-refractivity contribution in [2.24, 2.45) is 5.92 Å². The van der Waals surface area contributed by atoms with E-state index in [1.165, 1.54) is 33.8 Å². The Labute approximate surface area is 332 Å². The minimum absolute atomic E-state index is 0.0514. The standard InChI is InChI=1S/C40H55N7O10/c1-8-28(40(56)57)44-34(50)24(6)42-38(54)32(22(3)4)46-39(55)33(25(7)48)47-37(53)30(21-27-18-14-11-15-19-27)45-35(51)23(5)41-36(52)29(43-31(49)9-2)20-26-16-12-10-13-17-26/h8,10-19,22-25,29-30,32-33,48H,9,20-21H2,1-7H3,(H,41,52)(H,42,54)(H,43,49)(H,44,50)(H,45,51)(H,46,55)(H,47,53)(H,56,57)/b28-8-/t23-,24-,25+,29+,30-,32-,33+/m0/s1. The minimum atomic E-state index is -1.62. The van der Waals surface area contributed by atoms with Crippen LogP contribution in [0.15, 0.2) is 72.4 Å². The molecule has 0 fully saturated rings. The number of carboxylic acid groups (broad SMARTS) is 1. The number of rotatable bonds is 21. The van der Waals surface area contributed by atoms with Gasteiger partial charge in [0, 0.05) is 19.3 Å². The van der Waals surface area contributed by atoms with E-state index in [0.717, 1.165) is 5.56 Å². The number of carbonyl (C=O) groups is 8. The summed E-state index contributed by atoms with van der Waals surface area (Å²) < 4.78 is 0. The zero-order valence-electron chi connectivity index (χ0n) is 33.3. The van der Waals surface area contributed by atoms with Gasteiger partial charge < -0.3 is 47.4 Å². The number of aliphatic hydroxyl groups excluding tert-OH is 1. The average molecular weight is 794 g/mol. The third-order valence-corrected chi connectivity index (χ3v) is 8.76. The van der Waals surface area contributed by atoms with Crippen molar-refractivity contribution in [1.82, 2.24) is 37.2 Å². The third kappa shape index (κ3) is 15.5. The molecule has 2 aromatic rings. The maximum absolute atomic E-state index is 13.8. The smallest absolute Gasteiger partial charge is 0.352 e. The lowest BCUT2D eigenvalue weighted by molar-refractivity contribution is -0.137. The van der Waals surface area contributed by atoms with Crippen LogP contribution < -0.4 is 37.2 Å². The second-order valence-corrected chi connectivity index (χ2v) is 13.8. The molecule has 0 aromatic heterocycles. The molecule has 0 aliphatic rings. The molecule has 9 N–H and O–H groups in total. The molecule has 0 spiro atoms. The van der Waals surface area contributed by atoms with Crippen molar-refractivity contribution in [3.63, 3.8) is 0 Å². The summed E-state index contributed by atoms with van der Waals surface area (Å²) in [5, 5.41) is 37.3. The molecular weight excluding hydrogens is 738 g/mol. The Morgan fingerprint density at radius 2 is 1.02 bits per heavy atom. The van der Waals surface area contributed by atoms with Gasteiger partial charge in [-0.15, -0.1) is 0 Å². The highest BCUT2D eigenvalue weighted by Crippen LogP contribution is 2.09. The van der Waals surface area contributed by atoms with Crippen molar-refractivity contribution in [1.29, 1.82) is 0 Å². The van der Waals surface area contributed by atoms with Crippen LogP contribution in [0.3, 0.4) is 0 Å². The van der Waals surface area contributed by atoms with Crippen LogP contribution in [0.5, 0.6) is 0 Å². The van der Waals surface area contributed by atoms with Crippen LogP contribution in [0.25, 0.3) is 0 Å². The highest BCUT2D eigenvalue weighted by atomic mass is 16.4. The van der Waals surface area contributed by atoms with Crippen LogP contribution in [-0.2, 0) is 51.2 Å². The number of aliphatic hydroxyl groups is 1. The van der Waals surface area contributed by atoms with Crippen molar-refractivity contribution in [3.05, 3.63) is 83.6 Å². The molecule has 0 aliphatic heterocycles. The maximum Gasteiger partial charge on any atom is 0.352 e. The average Bonchev–Trinajstić information content (AvgIpc) is 3.17. The maximum atomic E-state index is 13.8. The van der Waals surface area contributed by atoms with E-state index in [1.807, 2.05) is 6.07 Å². The van der Waals surface area contributed by atoms with Crippen LogP contribution in [-0.4, -0.2) is 99.9 Å². The van der Waals surface area contributed by atoms with Crippen molar-refractivity contribution >= 4 is 47.3 Å². The lowest BCUT2D eigenvalue weighted by Crippen LogP contribution is -2.62. The molecule has 310 valence electrons. The van der Waals surface area contributed by atoms with Gasteiger partial charge in [-0.05, 0) is 44.7 Å². The molecule has 0 saturated carbocycles. The molecule has 0 radical (unpaired) electrons. The molecule has 17 nitrogen and oxygen atoms in total. The molecule has 57 heavy (non-hydrogen) atoms. The van der Waals surface area contributed by atoms with Gasteiger partial charge in [0.25, 0.3) is 0 Å². The highest BCUT2D eigenvalue weighted by molar-refractivity contribution is 5.98. The Bertz CT molecular complexity index is 1750. The molecule has 0 unspecified atom stereocenters. The van der Waals surface area contributed by atoms with E-state index >= 15 is 0 Å². The van der Waals surface area contributed by atoms with Gasteiger partial charge in [-0.25, -0.2) is 4.79 Å². The van der Waals surface area contributed by atoms with Crippen molar-refractivity contribution in [3.8, 4) is 0 Å². The van der Waals surface area contributed by atoms with Crippen LogP contribution >= 0.6 is 0 Å². The Hall–Kier alpha value is -6.10. The van der Waals surface area contributed by atoms with Crippen LogP contribution in [0.2, 0.25) is 0 Å². The number of hydrogen-bond acceptors (Lipinski definition) is 9. The number of amides is 7. The van der Waals surface area contributed by atoms with Crippen LogP contribution in [0.4, 0.5) is 0 Å². The minimum Gasteiger partial charge on any atom is -0.477 e. The Kier molecular flexibility index (Phi) is 19.1. The summed E-state index contributed by atoms with van der Waals surface area (Å²) >= 11 is 0. The first kappa shape index (κ1) is 47.1. The molecule has 0 heterocycles. The number of allylic oxidation sites excluding steroid dienone is 1. The number of carbonyl (C=O) groups excluding carboxylic acids is 7. The normalized spacial score (nSPS) is 14.9. The first-order chi connectivity index (χ1) is 26.9. The number of hydrogen-bond donors (Lipinski definition) is 9.